The van der Waals surface area contributed by atoms with Crippen LogP contribution in [0.4, 0.5) is 0 Å². The van der Waals surface area contributed by atoms with Crippen LogP contribution in [-0.2, 0) is 10.8 Å². The molecule has 0 saturated carbocycles. The summed E-state index contributed by atoms with van der Waals surface area (Å²) >= 11 is 0. The first-order valence-electron chi connectivity index (χ1n) is 8.18. The minimum Gasteiger partial charge on any atom is -0.417 e. The van der Waals surface area contributed by atoms with Gasteiger partial charge in [0.05, 0.1) is 0 Å². The van der Waals surface area contributed by atoms with Gasteiger partial charge in [-0.25, -0.2) is 0 Å². The number of nitrogens with two attached hydrogens (primary N) is 1. The maximum absolute atomic E-state index is 6.33. The van der Waals surface area contributed by atoms with Gasteiger partial charge in [-0.2, -0.15) is 0 Å². The predicted octanol–water partition coefficient (Wildman–Crippen LogP) is 4.66. The van der Waals surface area contributed by atoms with Gasteiger partial charge in [0.15, 0.2) is 8.32 Å². The highest BCUT2D eigenvalue weighted by Gasteiger charge is 2.37. The summed E-state index contributed by atoms with van der Waals surface area (Å²) in [5, 5.41) is 0.294. The van der Waals surface area contributed by atoms with Crippen molar-refractivity contribution < 1.29 is 4.43 Å². The zero-order chi connectivity index (χ0) is 15.7. The molecule has 0 spiro atoms. The number of hydrogen-bond donors (Lipinski definition) is 1. The minimum atomic E-state index is -1.61. The number of rotatable bonds is 4. The molecule has 0 fully saturated rings. The van der Waals surface area contributed by atoms with E-state index in [0.29, 0.717) is 11.0 Å². The zero-order valence-corrected chi connectivity index (χ0v) is 15.3. The number of hydrogen-bond acceptors (Lipinski definition) is 2. The normalized spacial score (nSPS) is 23.0. The summed E-state index contributed by atoms with van der Waals surface area (Å²) in [7, 11) is -1.61. The Balaban J connectivity index is 1.89. The van der Waals surface area contributed by atoms with Crippen LogP contribution in [0.5, 0.6) is 0 Å². The molecule has 0 saturated heterocycles. The van der Waals surface area contributed by atoms with Gasteiger partial charge in [0.25, 0.3) is 0 Å². The van der Waals surface area contributed by atoms with Gasteiger partial charge in [-0.3, -0.25) is 0 Å². The average molecular weight is 306 g/mol. The summed E-state index contributed by atoms with van der Waals surface area (Å²) in [5.41, 5.74) is 9.12. The zero-order valence-electron chi connectivity index (χ0n) is 14.3. The highest BCUT2D eigenvalue weighted by molar-refractivity contribution is 6.74. The third-order valence-electron chi connectivity index (χ3n) is 5.35. The van der Waals surface area contributed by atoms with E-state index in [2.05, 4.69) is 58.1 Å². The molecule has 2 N–H and O–H groups in total. The molecule has 1 aliphatic rings. The molecule has 2 nitrogen and oxygen atoms in total. The van der Waals surface area contributed by atoms with Gasteiger partial charge in [-0.1, -0.05) is 45.0 Å². The van der Waals surface area contributed by atoms with Crippen LogP contribution in [0, 0.1) is 5.92 Å². The Morgan fingerprint density at radius 2 is 1.90 bits per heavy atom. The first-order valence-corrected chi connectivity index (χ1v) is 11.1. The Hall–Kier alpha value is -0.643. The van der Waals surface area contributed by atoms with Crippen LogP contribution in [0.15, 0.2) is 24.3 Å². The summed E-state index contributed by atoms with van der Waals surface area (Å²) < 4.78 is 6.32. The first-order chi connectivity index (χ1) is 9.71. The smallest absolute Gasteiger partial charge is 0.191 e. The van der Waals surface area contributed by atoms with E-state index < -0.39 is 8.32 Å². The van der Waals surface area contributed by atoms with Gasteiger partial charge in [0.1, 0.15) is 0 Å². The molecule has 2 rings (SSSR count). The molecule has 0 aliphatic heterocycles. The molecule has 1 aromatic rings. The van der Waals surface area contributed by atoms with Crippen molar-refractivity contribution >= 4 is 8.32 Å². The van der Waals surface area contributed by atoms with Crippen LogP contribution in [0.3, 0.4) is 0 Å². The number of fused-ring (bicyclic) bond motifs is 1. The Kier molecular flexibility index (Phi) is 4.96. The molecule has 1 aliphatic carbocycles. The van der Waals surface area contributed by atoms with Gasteiger partial charge >= 0.3 is 0 Å². The van der Waals surface area contributed by atoms with Gasteiger partial charge in [0, 0.05) is 12.6 Å². The Morgan fingerprint density at radius 3 is 2.57 bits per heavy atom. The van der Waals surface area contributed by atoms with Crippen molar-refractivity contribution in [3.05, 3.63) is 35.4 Å². The van der Waals surface area contributed by atoms with E-state index in [-0.39, 0.29) is 6.04 Å². The third kappa shape index (κ3) is 3.96. The molecule has 1 aromatic carbocycles. The first kappa shape index (κ1) is 16.7. The second kappa shape index (κ2) is 6.23. The van der Waals surface area contributed by atoms with Gasteiger partial charge in [-0.05, 0) is 54.4 Å². The van der Waals surface area contributed by atoms with Crippen molar-refractivity contribution in [3.8, 4) is 0 Å². The summed E-state index contributed by atoms with van der Waals surface area (Å²) in [5.74, 6) is 0.666. The van der Waals surface area contributed by atoms with Crippen LogP contribution in [0.2, 0.25) is 18.1 Å². The Morgan fingerprint density at radius 1 is 1.24 bits per heavy atom. The molecule has 0 heterocycles. The van der Waals surface area contributed by atoms with Crippen LogP contribution in [-0.4, -0.2) is 14.9 Å². The minimum absolute atomic E-state index is 0.202. The molecular weight excluding hydrogens is 274 g/mol. The van der Waals surface area contributed by atoms with Crippen LogP contribution < -0.4 is 5.73 Å². The largest absolute Gasteiger partial charge is 0.417 e. The molecule has 0 aromatic heterocycles. The monoisotopic (exact) mass is 305 g/mol. The Labute approximate surface area is 131 Å². The highest BCUT2D eigenvalue weighted by Crippen LogP contribution is 2.37. The fraction of sp³-hybridized carbons (Fsp3) is 0.667. The SMILES string of the molecule is CC(C)(C)[Si](C)(C)OCCC1Cc2ccccc2C(N)C1. The molecule has 3 heteroatoms. The lowest BCUT2D eigenvalue weighted by atomic mass is 9.80. The lowest BCUT2D eigenvalue weighted by Gasteiger charge is -2.37. The van der Waals surface area contributed by atoms with Gasteiger partial charge in [0.2, 0.25) is 0 Å². The number of benzene rings is 1. The molecule has 0 amide bonds. The average Bonchev–Trinajstić information content (AvgIpc) is 2.37. The second-order valence-electron chi connectivity index (χ2n) is 8.01. The van der Waals surface area contributed by atoms with E-state index in [1.807, 2.05) is 0 Å². The van der Waals surface area contributed by atoms with E-state index in [9.17, 15) is 0 Å². The second-order valence-corrected chi connectivity index (χ2v) is 12.8. The van der Waals surface area contributed by atoms with Crippen molar-refractivity contribution in [2.45, 2.75) is 64.2 Å². The predicted molar refractivity (Wildman–Crippen MR) is 92.9 cm³/mol. The summed E-state index contributed by atoms with van der Waals surface area (Å²) in [6.07, 6.45) is 3.39. The lowest BCUT2D eigenvalue weighted by molar-refractivity contribution is 0.241. The molecule has 118 valence electrons. The maximum Gasteiger partial charge on any atom is 0.191 e. The van der Waals surface area contributed by atoms with Crippen LogP contribution >= 0.6 is 0 Å². The molecule has 0 bridgehead atoms. The third-order valence-corrected chi connectivity index (χ3v) is 9.88. The molecule has 0 radical (unpaired) electrons. The highest BCUT2D eigenvalue weighted by atomic mass is 28.4. The van der Waals surface area contributed by atoms with E-state index >= 15 is 0 Å². The molecule has 21 heavy (non-hydrogen) atoms. The quantitative estimate of drug-likeness (QED) is 0.821. The van der Waals surface area contributed by atoms with E-state index in [1.54, 1.807) is 0 Å². The Bertz CT molecular complexity index is 478. The van der Waals surface area contributed by atoms with Crippen molar-refractivity contribution in [2.75, 3.05) is 6.61 Å². The summed E-state index contributed by atoms with van der Waals surface area (Å²) in [6.45, 7) is 12.4. The van der Waals surface area contributed by atoms with Crippen LogP contribution in [0.1, 0.15) is 50.8 Å². The lowest BCUT2D eigenvalue weighted by Crippen LogP contribution is -2.41. The van der Waals surface area contributed by atoms with Gasteiger partial charge in [-0.15, -0.1) is 0 Å². The molecule has 2 unspecified atom stereocenters. The van der Waals surface area contributed by atoms with Crippen molar-refractivity contribution in [2.24, 2.45) is 11.7 Å². The topological polar surface area (TPSA) is 35.2 Å². The maximum atomic E-state index is 6.33. The fourth-order valence-corrected chi connectivity index (χ4v) is 3.94. The van der Waals surface area contributed by atoms with E-state index in [4.69, 9.17) is 10.2 Å². The summed E-state index contributed by atoms with van der Waals surface area (Å²) in [6, 6.07) is 8.84. The van der Waals surface area contributed by atoms with Crippen LogP contribution in [0.25, 0.3) is 0 Å². The molecule has 2 atom stereocenters. The van der Waals surface area contributed by atoms with Crippen molar-refractivity contribution in [1.29, 1.82) is 0 Å². The summed E-state index contributed by atoms with van der Waals surface area (Å²) in [4.78, 5) is 0. The fourth-order valence-electron chi connectivity index (χ4n) is 2.88. The van der Waals surface area contributed by atoms with Crippen molar-refractivity contribution in [3.63, 3.8) is 0 Å². The standard InChI is InChI=1S/C18H31NOSi/c1-18(2,3)21(4,5)20-11-10-14-12-15-8-6-7-9-16(15)17(19)13-14/h6-9,14,17H,10-13,19H2,1-5H3. The van der Waals surface area contributed by atoms with Gasteiger partial charge < -0.3 is 10.2 Å². The van der Waals surface area contributed by atoms with E-state index in [1.165, 1.54) is 11.1 Å². The van der Waals surface area contributed by atoms with Crippen molar-refractivity contribution in [1.82, 2.24) is 0 Å². The molecular formula is C18H31NOSi. The van der Waals surface area contributed by atoms with E-state index in [0.717, 1.165) is 25.9 Å².